The molecule has 3 N–H and O–H groups in total. The van der Waals surface area contributed by atoms with Crippen LogP contribution in [-0.2, 0) is 0 Å². The van der Waals surface area contributed by atoms with Crippen molar-refractivity contribution < 1.29 is 18.0 Å². The molecule has 0 spiro atoms. The molecule has 0 aliphatic carbocycles. The highest BCUT2D eigenvalue weighted by molar-refractivity contribution is 6.34. The summed E-state index contributed by atoms with van der Waals surface area (Å²) in [5, 5.41) is 2.14. The van der Waals surface area contributed by atoms with Crippen LogP contribution in [0.25, 0.3) is 0 Å². The number of rotatable bonds is 2. The predicted molar refractivity (Wildman–Crippen MR) is 70.1 cm³/mol. The third-order valence-corrected chi connectivity index (χ3v) is 2.85. The van der Waals surface area contributed by atoms with Gasteiger partial charge in [-0.05, 0) is 18.2 Å². The van der Waals surface area contributed by atoms with Crippen molar-refractivity contribution in [3.63, 3.8) is 0 Å². The second-order valence-electron chi connectivity index (χ2n) is 3.90. The van der Waals surface area contributed by atoms with Gasteiger partial charge in [0.1, 0.15) is 5.82 Å². The first-order chi connectivity index (χ1) is 9.40. The normalized spacial score (nSPS) is 10.4. The first kappa shape index (κ1) is 14.2. The Kier molecular flexibility index (Phi) is 3.85. The van der Waals surface area contributed by atoms with Gasteiger partial charge in [0.05, 0.1) is 16.3 Å². The Morgan fingerprint density at radius 1 is 1.10 bits per heavy atom. The molecular weight excluding hydrogens is 293 g/mol. The minimum atomic E-state index is -1.23. The number of carbonyl (C=O) groups is 1. The van der Waals surface area contributed by atoms with Gasteiger partial charge in [-0.15, -0.1) is 0 Å². The number of para-hydroxylation sites is 1. The number of amides is 1. The lowest BCUT2D eigenvalue weighted by atomic mass is 10.1. The second-order valence-corrected chi connectivity index (χ2v) is 4.31. The van der Waals surface area contributed by atoms with E-state index in [2.05, 4.69) is 5.32 Å². The van der Waals surface area contributed by atoms with E-state index in [0.29, 0.717) is 12.1 Å². The SMILES string of the molecule is Nc1cc(F)c(F)cc1C(=O)Nc1c(F)cccc1Cl. The lowest BCUT2D eigenvalue weighted by molar-refractivity contribution is 0.102. The maximum absolute atomic E-state index is 13.5. The smallest absolute Gasteiger partial charge is 0.257 e. The molecule has 7 heteroatoms. The Balaban J connectivity index is 2.36. The zero-order valence-corrected chi connectivity index (χ0v) is 10.6. The molecule has 2 aromatic carbocycles. The lowest BCUT2D eigenvalue weighted by Gasteiger charge is -2.10. The molecule has 0 heterocycles. The molecule has 0 fully saturated rings. The minimum Gasteiger partial charge on any atom is -0.398 e. The molecule has 0 saturated heterocycles. The van der Waals surface area contributed by atoms with Crippen LogP contribution in [0.2, 0.25) is 5.02 Å². The molecule has 3 nitrogen and oxygen atoms in total. The summed E-state index contributed by atoms with van der Waals surface area (Å²) in [6.07, 6.45) is 0. The van der Waals surface area contributed by atoms with Crippen LogP contribution in [0.3, 0.4) is 0 Å². The molecule has 0 unspecified atom stereocenters. The van der Waals surface area contributed by atoms with Gasteiger partial charge in [-0.25, -0.2) is 13.2 Å². The Morgan fingerprint density at radius 2 is 1.75 bits per heavy atom. The van der Waals surface area contributed by atoms with Crippen molar-refractivity contribution in [3.8, 4) is 0 Å². The van der Waals surface area contributed by atoms with Gasteiger partial charge in [0.2, 0.25) is 0 Å². The topological polar surface area (TPSA) is 55.1 Å². The standard InChI is InChI=1S/C13H8ClF3N2O/c14-7-2-1-3-8(15)12(7)19-13(20)6-4-9(16)10(17)5-11(6)18/h1-5H,18H2,(H,19,20). The number of halogens is 4. The first-order valence-corrected chi connectivity index (χ1v) is 5.78. The Hall–Kier alpha value is -2.21. The minimum absolute atomic E-state index is 0.0282. The first-order valence-electron chi connectivity index (χ1n) is 5.40. The molecule has 0 radical (unpaired) electrons. The average Bonchev–Trinajstić information content (AvgIpc) is 2.38. The molecule has 1 amide bonds. The van der Waals surface area contributed by atoms with Crippen LogP contribution in [0.15, 0.2) is 30.3 Å². The van der Waals surface area contributed by atoms with E-state index < -0.39 is 23.4 Å². The van der Waals surface area contributed by atoms with Crippen LogP contribution in [0, 0.1) is 17.5 Å². The van der Waals surface area contributed by atoms with Crippen molar-refractivity contribution in [2.75, 3.05) is 11.1 Å². The number of hydrogen-bond acceptors (Lipinski definition) is 2. The molecule has 0 aliphatic heterocycles. The molecule has 0 saturated carbocycles. The number of nitrogens with two attached hydrogens (primary N) is 1. The number of anilines is 2. The van der Waals surface area contributed by atoms with E-state index in [4.69, 9.17) is 17.3 Å². The Bertz CT molecular complexity index is 671. The molecule has 2 rings (SSSR count). The van der Waals surface area contributed by atoms with Crippen LogP contribution in [0.1, 0.15) is 10.4 Å². The third kappa shape index (κ3) is 2.70. The summed E-state index contributed by atoms with van der Waals surface area (Å²) in [7, 11) is 0. The van der Waals surface area contributed by atoms with Crippen molar-refractivity contribution in [1.82, 2.24) is 0 Å². The maximum atomic E-state index is 13.5. The van der Waals surface area contributed by atoms with Gasteiger partial charge in [-0.2, -0.15) is 0 Å². The van der Waals surface area contributed by atoms with Gasteiger partial charge >= 0.3 is 0 Å². The van der Waals surface area contributed by atoms with Crippen LogP contribution in [0.5, 0.6) is 0 Å². The zero-order chi connectivity index (χ0) is 14.9. The molecular formula is C13H8ClF3N2O. The van der Waals surface area contributed by atoms with Gasteiger partial charge in [-0.1, -0.05) is 17.7 Å². The number of hydrogen-bond donors (Lipinski definition) is 2. The highest BCUT2D eigenvalue weighted by atomic mass is 35.5. The van der Waals surface area contributed by atoms with Crippen molar-refractivity contribution in [2.24, 2.45) is 0 Å². The van der Waals surface area contributed by atoms with Gasteiger partial charge in [0.25, 0.3) is 5.91 Å². The fourth-order valence-electron chi connectivity index (χ4n) is 1.56. The lowest BCUT2D eigenvalue weighted by Crippen LogP contribution is -2.16. The van der Waals surface area contributed by atoms with E-state index in [1.54, 1.807) is 0 Å². The van der Waals surface area contributed by atoms with E-state index in [9.17, 15) is 18.0 Å². The van der Waals surface area contributed by atoms with E-state index in [1.807, 2.05) is 0 Å². The van der Waals surface area contributed by atoms with Crippen LogP contribution in [-0.4, -0.2) is 5.91 Å². The third-order valence-electron chi connectivity index (χ3n) is 2.54. The summed E-state index contributed by atoms with van der Waals surface area (Å²) in [5.74, 6) is -4.06. The van der Waals surface area contributed by atoms with Crippen molar-refractivity contribution in [2.45, 2.75) is 0 Å². The van der Waals surface area contributed by atoms with Gasteiger partial charge in [-0.3, -0.25) is 4.79 Å². The van der Waals surface area contributed by atoms with Crippen LogP contribution >= 0.6 is 11.6 Å². The fraction of sp³-hybridized carbons (Fsp3) is 0. The van der Waals surface area contributed by atoms with Crippen LogP contribution in [0.4, 0.5) is 24.5 Å². The summed E-state index contributed by atoms with van der Waals surface area (Å²) in [5.41, 5.74) is 4.58. The number of carbonyl (C=O) groups excluding carboxylic acids is 1. The van der Waals surface area contributed by atoms with Crippen molar-refractivity contribution >= 4 is 28.9 Å². The van der Waals surface area contributed by atoms with E-state index in [-0.39, 0.29) is 22.0 Å². The Morgan fingerprint density at radius 3 is 2.40 bits per heavy atom. The van der Waals surface area contributed by atoms with Crippen LogP contribution < -0.4 is 11.1 Å². The van der Waals surface area contributed by atoms with Gasteiger partial charge in [0.15, 0.2) is 11.6 Å². The fourth-order valence-corrected chi connectivity index (χ4v) is 1.77. The molecule has 0 atom stereocenters. The predicted octanol–water partition coefficient (Wildman–Crippen LogP) is 3.59. The summed E-state index contributed by atoms with van der Waals surface area (Å²) in [6.45, 7) is 0. The quantitative estimate of drug-likeness (QED) is 0.833. The van der Waals surface area contributed by atoms with E-state index >= 15 is 0 Å². The second kappa shape index (κ2) is 5.42. The molecule has 20 heavy (non-hydrogen) atoms. The molecule has 0 aliphatic rings. The number of benzene rings is 2. The number of nitrogen functional groups attached to an aromatic ring is 1. The highest BCUT2D eigenvalue weighted by Gasteiger charge is 2.17. The summed E-state index contributed by atoms with van der Waals surface area (Å²) < 4.78 is 39.5. The van der Waals surface area contributed by atoms with Gasteiger partial charge in [0, 0.05) is 11.8 Å². The molecule has 2 aromatic rings. The number of nitrogens with one attached hydrogen (secondary N) is 1. The van der Waals surface area contributed by atoms with Crippen molar-refractivity contribution in [3.05, 3.63) is 58.4 Å². The largest absolute Gasteiger partial charge is 0.398 e. The Labute approximate surface area is 117 Å². The van der Waals surface area contributed by atoms with E-state index in [1.165, 1.54) is 12.1 Å². The summed E-state index contributed by atoms with van der Waals surface area (Å²) in [4.78, 5) is 11.9. The van der Waals surface area contributed by atoms with E-state index in [0.717, 1.165) is 6.07 Å². The summed E-state index contributed by atoms with van der Waals surface area (Å²) in [6, 6.07) is 5.13. The average molecular weight is 301 g/mol. The zero-order valence-electron chi connectivity index (χ0n) is 9.88. The van der Waals surface area contributed by atoms with Gasteiger partial charge < -0.3 is 11.1 Å². The highest BCUT2D eigenvalue weighted by Crippen LogP contribution is 2.26. The molecule has 0 aromatic heterocycles. The maximum Gasteiger partial charge on any atom is 0.257 e. The molecule has 104 valence electrons. The molecule has 0 bridgehead atoms. The van der Waals surface area contributed by atoms with Crippen molar-refractivity contribution in [1.29, 1.82) is 0 Å². The monoisotopic (exact) mass is 300 g/mol. The summed E-state index contributed by atoms with van der Waals surface area (Å²) >= 11 is 5.74.